The summed E-state index contributed by atoms with van der Waals surface area (Å²) >= 11 is 0. The number of rotatable bonds is 4. The van der Waals surface area contributed by atoms with Crippen LogP contribution in [0.4, 0.5) is 0 Å². The summed E-state index contributed by atoms with van der Waals surface area (Å²) in [7, 11) is 0. The van der Waals surface area contributed by atoms with E-state index in [1.54, 1.807) is 11.8 Å². The van der Waals surface area contributed by atoms with Crippen LogP contribution in [-0.2, 0) is 9.47 Å². The molecule has 148 valence electrons. The third-order valence-corrected chi connectivity index (χ3v) is 6.77. The Morgan fingerprint density at radius 2 is 1.89 bits per heavy atom. The second-order valence-electron chi connectivity index (χ2n) is 8.40. The molecule has 0 aromatic carbocycles. The highest BCUT2D eigenvalue weighted by Crippen LogP contribution is 2.41. The first-order valence-corrected chi connectivity index (χ1v) is 10.8. The average Bonchev–Trinajstić information content (AvgIpc) is 3.18. The van der Waals surface area contributed by atoms with Gasteiger partial charge in [0.25, 0.3) is 0 Å². The van der Waals surface area contributed by atoms with Crippen LogP contribution in [0.5, 0.6) is 0 Å². The Hall–Kier alpha value is -1.39. The van der Waals surface area contributed by atoms with Gasteiger partial charge >= 0.3 is 0 Å². The van der Waals surface area contributed by atoms with E-state index in [2.05, 4.69) is 23.4 Å². The quantitative estimate of drug-likeness (QED) is 0.527. The van der Waals surface area contributed by atoms with E-state index < -0.39 is 0 Å². The summed E-state index contributed by atoms with van der Waals surface area (Å²) in [4.78, 5) is 7.21. The Balaban J connectivity index is 1.41. The van der Waals surface area contributed by atoms with Crippen molar-refractivity contribution in [2.45, 2.75) is 76.9 Å². The minimum absolute atomic E-state index is 0.286. The highest BCUT2D eigenvalue weighted by atomic mass is 16.5. The Bertz CT molecular complexity index is 647. The predicted molar refractivity (Wildman–Crippen MR) is 110 cm³/mol. The van der Waals surface area contributed by atoms with Gasteiger partial charge in [0, 0.05) is 30.9 Å². The number of ether oxygens (including phenoxy) is 2. The maximum Gasteiger partial charge on any atom is 0.221 e. The van der Waals surface area contributed by atoms with E-state index in [-0.39, 0.29) is 6.10 Å². The van der Waals surface area contributed by atoms with Crippen LogP contribution in [0, 0.1) is 0 Å². The van der Waals surface area contributed by atoms with Gasteiger partial charge in [0.2, 0.25) is 5.90 Å². The number of hydrogen-bond acceptors (Lipinski definition) is 4. The van der Waals surface area contributed by atoms with Gasteiger partial charge in [-0.15, -0.1) is 0 Å². The number of aliphatic imine (C=N–C) groups is 1. The molecule has 4 nitrogen and oxygen atoms in total. The van der Waals surface area contributed by atoms with Gasteiger partial charge in [-0.1, -0.05) is 17.7 Å². The highest BCUT2D eigenvalue weighted by molar-refractivity contribution is 5.99. The fraction of sp³-hybridized carbons (Fsp3) is 0.696. The van der Waals surface area contributed by atoms with Crippen molar-refractivity contribution in [2.24, 2.45) is 4.99 Å². The van der Waals surface area contributed by atoms with Gasteiger partial charge in [0.1, 0.15) is 6.10 Å². The number of hydrogen-bond donors (Lipinski definition) is 0. The maximum absolute atomic E-state index is 6.53. The largest absolute Gasteiger partial charge is 0.474 e. The summed E-state index contributed by atoms with van der Waals surface area (Å²) < 4.78 is 12.0. The van der Waals surface area contributed by atoms with Crippen LogP contribution in [0.25, 0.3) is 0 Å². The van der Waals surface area contributed by atoms with Crippen LogP contribution in [-0.4, -0.2) is 49.2 Å². The minimum atomic E-state index is 0.286. The average molecular weight is 371 g/mol. The van der Waals surface area contributed by atoms with Crippen molar-refractivity contribution in [3.05, 3.63) is 35.1 Å². The van der Waals surface area contributed by atoms with Gasteiger partial charge < -0.3 is 9.47 Å². The van der Waals surface area contributed by atoms with E-state index in [1.165, 1.54) is 55.2 Å². The number of morpholine rings is 1. The van der Waals surface area contributed by atoms with Crippen molar-refractivity contribution >= 4 is 5.90 Å². The lowest BCUT2D eigenvalue weighted by molar-refractivity contribution is -0.00210. The van der Waals surface area contributed by atoms with E-state index in [1.807, 2.05) is 0 Å². The van der Waals surface area contributed by atoms with E-state index in [9.17, 15) is 0 Å². The first-order valence-electron chi connectivity index (χ1n) is 10.8. The van der Waals surface area contributed by atoms with Gasteiger partial charge in [0.05, 0.1) is 13.2 Å². The van der Waals surface area contributed by atoms with Gasteiger partial charge in [-0.05, 0) is 70.3 Å². The molecule has 4 rings (SSSR count). The van der Waals surface area contributed by atoms with Crippen molar-refractivity contribution in [3.63, 3.8) is 0 Å². The molecular weight excluding hydrogens is 336 g/mol. The molecule has 0 unspecified atom stereocenters. The van der Waals surface area contributed by atoms with Crippen molar-refractivity contribution in [3.8, 4) is 0 Å². The molecule has 0 aromatic rings. The van der Waals surface area contributed by atoms with Crippen molar-refractivity contribution in [1.29, 1.82) is 0 Å². The van der Waals surface area contributed by atoms with Crippen molar-refractivity contribution in [2.75, 3.05) is 26.3 Å². The Labute approximate surface area is 164 Å². The minimum Gasteiger partial charge on any atom is -0.474 e. The van der Waals surface area contributed by atoms with E-state index in [4.69, 9.17) is 9.47 Å². The summed E-state index contributed by atoms with van der Waals surface area (Å²) in [6.45, 7) is 10.1. The zero-order valence-electron chi connectivity index (χ0n) is 16.8. The predicted octanol–water partition coefficient (Wildman–Crippen LogP) is 4.78. The third kappa shape index (κ3) is 4.22. The molecule has 0 aromatic heterocycles. The van der Waals surface area contributed by atoms with Crippen LogP contribution >= 0.6 is 0 Å². The monoisotopic (exact) mass is 370 g/mol. The standard InChI is InChI=1S/C23H34N2O2/c1-3-24-23(22-17(2)7-8-18-5-4-6-21(18)22)27-20-11-9-19(10-12-20)25-13-15-26-16-14-25/h3,19-20H,1,4-16H2,2H3. The van der Waals surface area contributed by atoms with Crippen LogP contribution in [0.1, 0.15) is 64.7 Å². The normalized spacial score (nSPS) is 30.5. The Morgan fingerprint density at radius 3 is 2.63 bits per heavy atom. The zero-order chi connectivity index (χ0) is 18.6. The van der Waals surface area contributed by atoms with Crippen LogP contribution in [0.3, 0.4) is 0 Å². The SMILES string of the molecule is C=CN=C(OC1CCC(N2CCOCC2)CC1)C1=C(C)CCC2=C1CCC2. The molecule has 3 aliphatic carbocycles. The molecule has 27 heavy (non-hydrogen) atoms. The molecule has 0 N–H and O–H groups in total. The van der Waals surface area contributed by atoms with E-state index >= 15 is 0 Å². The molecule has 0 amide bonds. The molecule has 0 atom stereocenters. The maximum atomic E-state index is 6.53. The first kappa shape index (κ1) is 18.9. The van der Waals surface area contributed by atoms with Gasteiger partial charge in [-0.25, -0.2) is 4.99 Å². The summed E-state index contributed by atoms with van der Waals surface area (Å²) in [6.07, 6.45) is 12.7. The fourth-order valence-corrected chi connectivity index (χ4v) is 5.28. The Morgan fingerprint density at radius 1 is 1.11 bits per heavy atom. The lowest BCUT2D eigenvalue weighted by atomic mass is 9.87. The fourth-order valence-electron chi connectivity index (χ4n) is 5.28. The van der Waals surface area contributed by atoms with Gasteiger partial charge in [0.15, 0.2) is 0 Å². The molecule has 0 bridgehead atoms. The van der Waals surface area contributed by atoms with Crippen molar-refractivity contribution < 1.29 is 9.47 Å². The van der Waals surface area contributed by atoms with Crippen LogP contribution in [0.2, 0.25) is 0 Å². The summed E-state index contributed by atoms with van der Waals surface area (Å²) in [5, 5.41) is 0. The smallest absolute Gasteiger partial charge is 0.221 e. The zero-order valence-corrected chi connectivity index (χ0v) is 16.8. The molecule has 4 heteroatoms. The van der Waals surface area contributed by atoms with Crippen LogP contribution in [0.15, 0.2) is 40.1 Å². The molecule has 0 radical (unpaired) electrons. The number of nitrogens with zero attached hydrogens (tertiary/aromatic N) is 2. The molecule has 1 saturated carbocycles. The number of allylic oxidation sites excluding steroid dienone is 2. The van der Waals surface area contributed by atoms with Gasteiger partial charge in [-0.3, -0.25) is 4.90 Å². The highest BCUT2D eigenvalue weighted by Gasteiger charge is 2.31. The van der Waals surface area contributed by atoms with E-state index in [0.717, 1.165) is 51.5 Å². The summed E-state index contributed by atoms with van der Waals surface area (Å²) in [5.74, 6) is 0.839. The molecule has 4 aliphatic rings. The van der Waals surface area contributed by atoms with Crippen LogP contribution < -0.4 is 0 Å². The second kappa shape index (κ2) is 8.74. The topological polar surface area (TPSA) is 34.1 Å². The van der Waals surface area contributed by atoms with Gasteiger partial charge in [-0.2, -0.15) is 0 Å². The van der Waals surface area contributed by atoms with Crippen molar-refractivity contribution in [1.82, 2.24) is 4.90 Å². The summed E-state index contributed by atoms with van der Waals surface area (Å²) in [6, 6.07) is 0.702. The Kier molecular flexibility index (Phi) is 6.14. The lowest BCUT2D eigenvalue weighted by Crippen LogP contribution is -2.45. The molecule has 1 heterocycles. The van der Waals surface area contributed by atoms with E-state index in [0.29, 0.717) is 6.04 Å². The first-order chi connectivity index (χ1) is 13.3. The lowest BCUT2D eigenvalue weighted by Gasteiger charge is -2.39. The molecule has 2 fully saturated rings. The second-order valence-corrected chi connectivity index (χ2v) is 8.40. The molecule has 1 saturated heterocycles. The molecule has 0 spiro atoms. The third-order valence-electron chi connectivity index (χ3n) is 6.77. The molecule has 1 aliphatic heterocycles. The molecular formula is C23H34N2O2. The summed E-state index contributed by atoms with van der Waals surface area (Å²) in [5.41, 5.74) is 5.93.